The molecule has 0 radical (unpaired) electrons. The number of ether oxygens (including phenoxy) is 2. The van der Waals surface area contributed by atoms with Crippen LogP contribution >= 0.6 is 23.1 Å². The molecule has 208 valence electrons. The SMILES string of the molecule is COc1ccc(NC(=O)COc2ccc(C3c4sc(=O)[nH]c4SC4C(=O)N(c5ccc(F)cc5)C(=O)C43)cc2)cc1. The van der Waals surface area contributed by atoms with Gasteiger partial charge in [-0.3, -0.25) is 19.2 Å². The van der Waals surface area contributed by atoms with Crippen LogP contribution in [-0.2, 0) is 14.4 Å². The predicted octanol–water partition coefficient (Wildman–Crippen LogP) is 4.40. The minimum Gasteiger partial charge on any atom is -0.497 e. The number of thiazole rings is 1. The van der Waals surface area contributed by atoms with Crippen molar-refractivity contribution in [3.8, 4) is 11.5 Å². The molecule has 1 fully saturated rings. The average molecular weight is 592 g/mol. The molecule has 0 saturated carbocycles. The van der Waals surface area contributed by atoms with Crippen molar-refractivity contribution in [3.05, 3.63) is 98.7 Å². The topological polar surface area (TPSA) is 118 Å². The van der Waals surface area contributed by atoms with Gasteiger partial charge in [0, 0.05) is 16.5 Å². The van der Waals surface area contributed by atoms with Crippen LogP contribution in [0.2, 0.25) is 0 Å². The number of aromatic amines is 1. The molecule has 3 heterocycles. The van der Waals surface area contributed by atoms with E-state index in [9.17, 15) is 23.6 Å². The number of aromatic nitrogens is 1. The lowest BCUT2D eigenvalue weighted by Crippen LogP contribution is -2.32. The number of fused-ring (bicyclic) bond motifs is 2. The van der Waals surface area contributed by atoms with E-state index < -0.39 is 34.7 Å². The van der Waals surface area contributed by atoms with E-state index in [-0.39, 0.29) is 17.4 Å². The maximum atomic E-state index is 13.7. The first-order chi connectivity index (χ1) is 19.8. The molecule has 9 nitrogen and oxygen atoms in total. The molecule has 3 aromatic carbocycles. The van der Waals surface area contributed by atoms with Gasteiger partial charge in [0.1, 0.15) is 22.6 Å². The van der Waals surface area contributed by atoms with Crippen molar-refractivity contribution >= 4 is 52.2 Å². The summed E-state index contributed by atoms with van der Waals surface area (Å²) in [6.45, 7) is -0.223. The third kappa shape index (κ3) is 5.11. The third-order valence-corrected chi connectivity index (χ3v) is 9.29. The van der Waals surface area contributed by atoms with Crippen molar-refractivity contribution in [1.82, 2.24) is 4.98 Å². The number of benzene rings is 3. The Balaban J connectivity index is 1.22. The molecule has 2 aliphatic heterocycles. The number of nitrogens with zero attached hydrogens (tertiary/aromatic N) is 1. The number of carbonyl (C=O) groups excluding carboxylic acids is 3. The van der Waals surface area contributed by atoms with Crippen LogP contribution in [0, 0.1) is 11.7 Å². The Kier molecular flexibility index (Phi) is 7.10. The van der Waals surface area contributed by atoms with Crippen molar-refractivity contribution in [2.45, 2.75) is 16.2 Å². The summed E-state index contributed by atoms with van der Waals surface area (Å²) in [5.74, 6) is -1.86. The summed E-state index contributed by atoms with van der Waals surface area (Å²) in [7, 11) is 1.56. The number of carbonyl (C=O) groups is 3. The van der Waals surface area contributed by atoms with E-state index in [1.165, 1.54) is 36.0 Å². The summed E-state index contributed by atoms with van der Waals surface area (Å²) in [6, 6.07) is 19.0. The van der Waals surface area contributed by atoms with Crippen LogP contribution in [0.5, 0.6) is 11.5 Å². The highest BCUT2D eigenvalue weighted by atomic mass is 32.2. The van der Waals surface area contributed by atoms with E-state index in [1.807, 2.05) is 0 Å². The summed E-state index contributed by atoms with van der Waals surface area (Å²) >= 11 is 2.18. The highest BCUT2D eigenvalue weighted by Crippen LogP contribution is 2.53. The molecular formula is C29H22FN3O6S2. The Morgan fingerprint density at radius 3 is 2.32 bits per heavy atom. The van der Waals surface area contributed by atoms with Crippen LogP contribution in [0.3, 0.4) is 0 Å². The summed E-state index contributed by atoms with van der Waals surface area (Å²) in [6.07, 6.45) is 0. The molecular weight excluding hydrogens is 569 g/mol. The molecule has 0 spiro atoms. The van der Waals surface area contributed by atoms with E-state index in [4.69, 9.17) is 9.47 Å². The highest BCUT2D eigenvalue weighted by Gasteiger charge is 2.56. The zero-order valence-electron chi connectivity index (χ0n) is 21.5. The van der Waals surface area contributed by atoms with Gasteiger partial charge in [0.05, 0.1) is 23.7 Å². The molecule has 3 unspecified atom stereocenters. The summed E-state index contributed by atoms with van der Waals surface area (Å²) < 4.78 is 24.3. The van der Waals surface area contributed by atoms with Crippen molar-refractivity contribution in [2.24, 2.45) is 5.92 Å². The number of amides is 3. The third-order valence-electron chi connectivity index (χ3n) is 6.89. The smallest absolute Gasteiger partial charge is 0.305 e. The molecule has 0 aliphatic carbocycles. The number of methoxy groups -OCH3 is 1. The van der Waals surface area contributed by atoms with Crippen LogP contribution in [-0.4, -0.2) is 41.7 Å². The standard InChI is InChI=1S/C29H22FN3O6S2/c1-38-19-12-6-17(7-13-19)31-21(34)14-39-20-10-2-15(3-11-20)22-23-25(40-26-24(22)41-29(37)32-26)28(36)33(27(23)35)18-8-4-16(30)5-9-18/h2-13,22-23,25H,14H2,1H3,(H,31,34)(H,32,37). The minimum atomic E-state index is -0.765. The predicted molar refractivity (Wildman–Crippen MR) is 152 cm³/mol. The molecule has 41 heavy (non-hydrogen) atoms. The number of H-pyrrole nitrogens is 1. The van der Waals surface area contributed by atoms with Gasteiger partial charge in [-0.1, -0.05) is 35.2 Å². The molecule has 3 atom stereocenters. The van der Waals surface area contributed by atoms with Crippen LogP contribution in [0.25, 0.3) is 0 Å². The van der Waals surface area contributed by atoms with E-state index in [0.29, 0.717) is 38.3 Å². The lowest BCUT2D eigenvalue weighted by Gasteiger charge is -2.29. The zero-order valence-corrected chi connectivity index (χ0v) is 23.1. The molecule has 6 rings (SSSR count). The number of thioether (sulfide) groups is 1. The Hall–Kier alpha value is -4.42. The number of hydrogen-bond donors (Lipinski definition) is 2. The highest BCUT2D eigenvalue weighted by molar-refractivity contribution is 8.00. The van der Waals surface area contributed by atoms with Crippen LogP contribution < -0.4 is 24.6 Å². The second-order valence-corrected chi connectivity index (χ2v) is 11.5. The van der Waals surface area contributed by atoms with Gasteiger partial charge in [-0.2, -0.15) is 0 Å². The van der Waals surface area contributed by atoms with Crippen LogP contribution in [0.1, 0.15) is 16.4 Å². The van der Waals surface area contributed by atoms with Gasteiger partial charge < -0.3 is 19.8 Å². The van der Waals surface area contributed by atoms with Gasteiger partial charge in [-0.05, 0) is 66.2 Å². The Morgan fingerprint density at radius 1 is 0.951 bits per heavy atom. The second-order valence-electron chi connectivity index (χ2n) is 9.37. The number of hydrogen-bond acceptors (Lipinski definition) is 8. The molecule has 1 saturated heterocycles. The number of rotatable bonds is 7. The second kappa shape index (κ2) is 10.9. The van der Waals surface area contributed by atoms with Crippen molar-refractivity contribution in [2.75, 3.05) is 23.9 Å². The Bertz CT molecular complexity index is 1690. The van der Waals surface area contributed by atoms with Gasteiger partial charge in [0.15, 0.2) is 6.61 Å². The monoisotopic (exact) mass is 591 g/mol. The first-order valence-electron chi connectivity index (χ1n) is 12.5. The minimum absolute atomic E-state index is 0.223. The number of nitrogens with one attached hydrogen (secondary N) is 2. The number of anilines is 2. The van der Waals surface area contributed by atoms with E-state index in [2.05, 4.69) is 10.3 Å². The fourth-order valence-electron chi connectivity index (χ4n) is 5.01. The molecule has 1 aromatic heterocycles. The van der Waals surface area contributed by atoms with E-state index in [1.54, 1.807) is 55.6 Å². The van der Waals surface area contributed by atoms with Gasteiger partial charge in [0.25, 0.3) is 5.91 Å². The Labute approximate surface area is 241 Å². The normalized spacial score (nSPS) is 19.5. The molecule has 2 aliphatic rings. The first-order valence-corrected chi connectivity index (χ1v) is 14.2. The Morgan fingerprint density at radius 2 is 1.63 bits per heavy atom. The molecule has 3 amide bonds. The number of halogens is 1. The van der Waals surface area contributed by atoms with Gasteiger partial charge in [-0.25, -0.2) is 9.29 Å². The van der Waals surface area contributed by atoms with Gasteiger partial charge >= 0.3 is 4.87 Å². The fourth-order valence-corrected chi connectivity index (χ4v) is 7.53. The molecule has 4 aromatic rings. The van der Waals surface area contributed by atoms with Crippen LogP contribution in [0.15, 0.2) is 82.6 Å². The lowest BCUT2D eigenvalue weighted by molar-refractivity contribution is -0.122. The molecule has 12 heteroatoms. The molecule has 2 N–H and O–H groups in total. The van der Waals surface area contributed by atoms with Crippen LogP contribution in [0.4, 0.5) is 15.8 Å². The lowest BCUT2D eigenvalue weighted by atomic mass is 9.83. The summed E-state index contributed by atoms with van der Waals surface area (Å²) in [5.41, 5.74) is 1.61. The summed E-state index contributed by atoms with van der Waals surface area (Å²) in [4.78, 5) is 56.1. The maximum absolute atomic E-state index is 13.7. The largest absolute Gasteiger partial charge is 0.497 e. The van der Waals surface area contributed by atoms with Crippen molar-refractivity contribution < 1.29 is 28.2 Å². The maximum Gasteiger partial charge on any atom is 0.305 e. The zero-order chi connectivity index (χ0) is 28.7. The first kappa shape index (κ1) is 26.8. The van der Waals surface area contributed by atoms with E-state index >= 15 is 0 Å². The van der Waals surface area contributed by atoms with Gasteiger partial charge in [-0.15, -0.1) is 0 Å². The van der Waals surface area contributed by atoms with Crippen molar-refractivity contribution in [3.63, 3.8) is 0 Å². The number of imide groups is 1. The fraction of sp³-hybridized carbons (Fsp3) is 0.172. The average Bonchev–Trinajstić information content (AvgIpc) is 3.47. The van der Waals surface area contributed by atoms with Crippen molar-refractivity contribution in [1.29, 1.82) is 0 Å². The van der Waals surface area contributed by atoms with Gasteiger partial charge in [0.2, 0.25) is 11.8 Å². The quantitative estimate of drug-likeness (QED) is 0.306. The molecule has 0 bridgehead atoms. The summed E-state index contributed by atoms with van der Waals surface area (Å²) in [5, 5.41) is 2.55. The van der Waals surface area contributed by atoms with E-state index in [0.717, 1.165) is 16.2 Å².